The number of methoxy groups -OCH3 is 1. The lowest BCUT2D eigenvalue weighted by molar-refractivity contribution is 0.0600. The molecule has 0 saturated carbocycles. The summed E-state index contributed by atoms with van der Waals surface area (Å²) in [5, 5.41) is 2.87. The third-order valence-corrected chi connectivity index (χ3v) is 2.54. The van der Waals surface area contributed by atoms with Crippen LogP contribution in [0.4, 0.5) is 5.69 Å². The molecule has 0 aromatic heterocycles. The molecule has 1 aromatic rings. The van der Waals surface area contributed by atoms with Crippen molar-refractivity contribution in [2.75, 3.05) is 19.5 Å². The molecule has 0 aliphatic heterocycles. The van der Waals surface area contributed by atoms with Gasteiger partial charge in [-0.3, -0.25) is 4.79 Å². The summed E-state index contributed by atoms with van der Waals surface area (Å²) in [6.07, 6.45) is 0.684. The van der Waals surface area contributed by atoms with Crippen LogP contribution in [-0.4, -0.2) is 26.4 Å². The van der Waals surface area contributed by atoms with Gasteiger partial charge in [-0.05, 0) is 28.1 Å². The number of esters is 1. The molecular weight excluding hydrogens is 262 g/mol. The monoisotopic (exact) mass is 271 g/mol. The first-order chi connectivity index (χ1) is 7.13. The predicted molar refractivity (Wildman–Crippen MR) is 60.4 cm³/mol. The summed E-state index contributed by atoms with van der Waals surface area (Å²) in [6.45, 7) is 0. The largest absolute Gasteiger partial charge is 0.465 e. The van der Waals surface area contributed by atoms with Gasteiger partial charge in [-0.15, -0.1) is 0 Å². The molecule has 0 atom stereocenters. The fourth-order valence-electron chi connectivity index (χ4n) is 1.22. The molecule has 0 amide bonds. The van der Waals surface area contributed by atoms with Crippen molar-refractivity contribution in [2.24, 2.45) is 0 Å². The molecular formula is C10H10BrNO3. The van der Waals surface area contributed by atoms with Gasteiger partial charge in [-0.25, -0.2) is 4.79 Å². The van der Waals surface area contributed by atoms with E-state index in [9.17, 15) is 9.59 Å². The number of carbonyl (C=O) groups is 2. The Labute approximate surface area is 95.7 Å². The number of aldehydes is 1. The van der Waals surface area contributed by atoms with E-state index in [-0.39, 0.29) is 0 Å². The minimum atomic E-state index is -0.471. The maximum Gasteiger partial charge on any atom is 0.337 e. The van der Waals surface area contributed by atoms with Gasteiger partial charge < -0.3 is 10.1 Å². The molecule has 0 aliphatic carbocycles. The normalized spacial score (nSPS) is 9.53. The highest BCUT2D eigenvalue weighted by Crippen LogP contribution is 2.27. The topological polar surface area (TPSA) is 55.4 Å². The van der Waals surface area contributed by atoms with E-state index in [4.69, 9.17) is 0 Å². The van der Waals surface area contributed by atoms with Crippen molar-refractivity contribution in [3.63, 3.8) is 0 Å². The zero-order chi connectivity index (χ0) is 11.4. The molecule has 1 aromatic carbocycles. The van der Waals surface area contributed by atoms with Crippen molar-refractivity contribution >= 4 is 33.9 Å². The van der Waals surface area contributed by atoms with Gasteiger partial charge >= 0.3 is 5.97 Å². The lowest BCUT2D eigenvalue weighted by Crippen LogP contribution is -2.04. The number of ether oxygens (including phenoxy) is 1. The lowest BCUT2D eigenvalue weighted by Gasteiger charge is -2.08. The van der Waals surface area contributed by atoms with Crippen LogP contribution in [0.3, 0.4) is 0 Å². The van der Waals surface area contributed by atoms with Crippen LogP contribution in [-0.2, 0) is 4.74 Å². The van der Waals surface area contributed by atoms with E-state index in [0.29, 0.717) is 27.6 Å². The van der Waals surface area contributed by atoms with Gasteiger partial charge in [0.15, 0.2) is 6.29 Å². The maximum absolute atomic E-state index is 11.3. The van der Waals surface area contributed by atoms with Crippen molar-refractivity contribution in [2.45, 2.75) is 0 Å². The third-order valence-electron chi connectivity index (χ3n) is 1.92. The smallest absolute Gasteiger partial charge is 0.337 e. The van der Waals surface area contributed by atoms with Gasteiger partial charge in [-0.1, -0.05) is 0 Å². The van der Waals surface area contributed by atoms with Crippen LogP contribution in [0.2, 0.25) is 0 Å². The minimum Gasteiger partial charge on any atom is -0.465 e. The average molecular weight is 272 g/mol. The summed E-state index contributed by atoms with van der Waals surface area (Å²) in [5.41, 5.74) is 1.40. The second-order valence-corrected chi connectivity index (χ2v) is 3.64. The van der Waals surface area contributed by atoms with Gasteiger partial charge in [0.2, 0.25) is 0 Å². The van der Waals surface area contributed by atoms with Gasteiger partial charge in [-0.2, -0.15) is 0 Å². The van der Waals surface area contributed by atoms with Crippen LogP contribution < -0.4 is 5.32 Å². The van der Waals surface area contributed by atoms with E-state index in [2.05, 4.69) is 26.0 Å². The van der Waals surface area contributed by atoms with Crippen LogP contribution >= 0.6 is 15.9 Å². The Morgan fingerprint density at radius 3 is 2.67 bits per heavy atom. The Bertz CT molecular complexity index is 404. The number of hydrogen-bond acceptors (Lipinski definition) is 4. The van der Waals surface area contributed by atoms with Gasteiger partial charge in [0.05, 0.1) is 18.4 Å². The number of nitrogens with one attached hydrogen (secondary N) is 1. The highest BCUT2D eigenvalue weighted by Gasteiger charge is 2.12. The number of benzene rings is 1. The van der Waals surface area contributed by atoms with E-state index < -0.39 is 5.97 Å². The zero-order valence-electron chi connectivity index (χ0n) is 8.33. The molecule has 0 radical (unpaired) electrons. The van der Waals surface area contributed by atoms with E-state index in [1.165, 1.54) is 13.2 Å². The summed E-state index contributed by atoms with van der Waals surface area (Å²) >= 11 is 3.27. The molecule has 5 heteroatoms. The van der Waals surface area contributed by atoms with Crippen molar-refractivity contribution in [3.8, 4) is 0 Å². The van der Waals surface area contributed by atoms with Crippen LogP contribution in [0, 0.1) is 0 Å². The van der Waals surface area contributed by atoms with E-state index >= 15 is 0 Å². The fourth-order valence-corrected chi connectivity index (χ4v) is 1.89. The zero-order valence-corrected chi connectivity index (χ0v) is 9.92. The molecule has 0 unspecified atom stereocenters. The Balaban J connectivity index is 3.31. The highest BCUT2D eigenvalue weighted by molar-refractivity contribution is 9.10. The fraction of sp³-hybridized carbons (Fsp3) is 0.200. The molecule has 4 nitrogen and oxygen atoms in total. The van der Waals surface area contributed by atoms with Crippen molar-refractivity contribution in [3.05, 3.63) is 27.7 Å². The average Bonchev–Trinajstić information content (AvgIpc) is 2.26. The molecule has 1 N–H and O–H groups in total. The Kier molecular flexibility index (Phi) is 3.85. The maximum atomic E-state index is 11.3. The molecule has 80 valence electrons. The summed E-state index contributed by atoms with van der Waals surface area (Å²) in [4.78, 5) is 22.0. The summed E-state index contributed by atoms with van der Waals surface area (Å²) in [7, 11) is 2.99. The number of carbonyl (C=O) groups excluding carboxylic acids is 2. The Hall–Kier alpha value is -1.36. The standard InChI is InChI=1S/C10H10BrNO3/c1-12-9-7(5-13)3-6(4-8(9)11)10(14)15-2/h3-5,12H,1-2H3. The first-order valence-electron chi connectivity index (χ1n) is 4.18. The Morgan fingerprint density at radius 2 is 2.20 bits per heavy atom. The predicted octanol–water partition coefficient (Wildman–Crippen LogP) is 2.09. The highest BCUT2D eigenvalue weighted by atomic mass is 79.9. The van der Waals surface area contributed by atoms with Crippen LogP contribution in [0.25, 0.3) is 0 Å². The molecule has 0 aliphatic rings. The van der Waals surface area contributed by atoms with Crippen LogP contribution in [0.1, 0.15) is 20.7 Å². The third kappa shape index (κ3) is 2.36. The first-order valence-corrected chi connectivity index (χ1v) is 4.98. The SMILES string of the molecule is CNc1c(Br)cc(C(=O)OC)cc1C=O. The van der Waals surface area contributed by atoms with Crippen molar-refractivity contribution in [1.82, 2.24) is 0 Å². The molecule has 0 heterocycles. The molecule has 15 heavy (non-hydrogen) atoms. The van der Waals surface area contributed by atoms with E-state index in [0.717, 1.165) is 0 Å². The quantitative estimate of drug-likeness (QED) is 0.676. The van der Waals surface area contributed by atoms with Crippen molar-refractivity contribution in [1.29, 1.82) is 0 Å². The molecule has 0 bridgehead atoms. The minimum absolute atomic E-state index is 0.338. The summed E-state index contributed by atoms with van der Waals surface area (Å²) in [6, 6.07) is 3.08. The molecule has 0 spiro atoms. The van der Waals surface area contributed by atoms with Crippen LogP contribution in [0.15, 0.2) is 16.6 Å². The van der Waals surface area contributed by atoms with Gasteiger partial charge in [0, 0.05) is 17.1 Å². The molecule has 0 saturated heterocycles. The number of anilines is 1. The Morgan fingerprint density at radius 1 is 1.53 bits per heavy atom. The summed E-state index contributed by atoms with van der Waals surface area (Å²) in [5.74, 6) is -0.471. The van der Waals surface area contributed by atoms with Gasteiger partial charge in [0.1, 0.15) is 0 Å². The molecule has 0 fully saturated rings. The lowest BCUT2D eigenvalue weighted by atomic mass is 10.1. The van der Waals surface area contributed by atoms with Crippen LogP contribution in [0.5, 0.6) is 0 Å². The number of halogens is 1. The second-order valence-electron chi connectivity index (χ2n) is 2.78. The van der Waals surface area contributed by atoms with Gasteiger partial charge in [0.25, 0.3) is 0 Å². The number of hydrogen-bond donors (Lipinski definition) is 1. The molecule has 1 rings (SSSR count). The summed E-state index contributed by atoms with van der Waals surface area (Å²) < 4.78 is 5.22. The van der Waals surface area contributed by atoms with E-state index in [1.807, 2.05) is 0 Å². The first kappa shape index (κ1) is 11.7. The van der Waals surface area contributed by atoms with E-state index in [1.54, 1.807) is 13.1 Å². The van der Waals surface area contributed by atoms with Crippen molar-refractivity contribution < 1.29 is 14.3 Å². The number of rotatable bonds is 3. The second kappa shape index (κ2) is 4.93.